The molecule has 0 saturated carbocycles. The molecular formula is C18H15NO3. The fraction of sp³-hybridized carbons (Fsp3) is 0.111. The Bertz CT molecular complexity index is 879. The van der Waals surface area contributed by atoms with Gasteiger partial charge in [0.25, 0.3) is 5.91 Å². The van der Waals surface area contributed by atoms with Gasteiger partial charge in [0.1, 0.15) is 17.4 Å². The van der Waals surface area contributed by atoms with Crippen molar-refractivity contribution in [3.05, 3.63) is 76.1 Å². The lowest BCUT2D eigenvalue weighted by Gasteiger charge is -2.06. The summed E-state index contributed by atoms with van der Waals surface area (Å²) in [5.41, 5.74) is 1.97. The first kappa shape index (κ1) is 14.1. The van der Waals surface area contributed by atoms with Crippen molar-refractivity contribution in [3.63, 3.8) is 0 Å². The van der Waals surface area contributed by atoms with Crippen LogP contribution in [0.3, 0.4) is 0 Å². The van der Waals surface area contributed by atoms with Crippen molar-refractivity contribution in [2.45, 2.75) is 13.3 Å². The first-order valence-electron chi connectivity index (χ1n) is 7.10. The van der Waals surface area contributed by atoms with Gasteiger partial charge >= 0.3 is 0 Å². The molecular weight excluding hydrogens is 278 g/mol. The van der Waals surface area contributed by atoms with Gasteiger partial charge in [-0.15, -0.1) is 0 Å². The quantitative estimate of drug-likeness (QED) is 0.802. The molecule has 0 fully saturated rings. The summed E-state index contributed by atoms with van der Waals surface area (Å²) in [4.78, 5) is 24.6. The van der Waals surface area contributed by atoms with Gasteiger partial charge in [0.15, 0.2) is 0 Å². The van der Waals surface area contributed by atoms with Gasteiger partial charge in [0.2, 0.25) is 5.43 Å². The third-order valence-electron chi connectivity index (χ3n) is 3.54. The average Bonchev–Trinajstić information content (AvgIpc) is 2.56. The monoisotopic (exact) mass is 293 g/mol. The summed E-state index contributed by atoms with van der Waals surface area (Å²) in [6.07, 6.45) is 2.14. The molecule has 0 aliphatic rings. The Morgan fingerprint density at radius 3 is 2.55 bits per heavy atom. The molecule has 3 aromatic rings. The van der Waals surface area contributed by atoms with Gasteiger partial charge in [-0.2, -0.15) is 0 Å². The van der Waals surface area contributed by atoms with Crippen LogP contribution in [0, 0.1) is 0 Å². The number of benzene rings is 2. The number of hydrogen-bond donors (Lipinski definition) is 1. The van der Waals surface area contributed by atoms with Crippen LogP contribution < -0.4 is 10.7 Å². The molecule has 0 atom stereocenters. The van der Waals surface area contributed by atoms with Crippen LogP contribution in [0.15, 0.2) is 64.0 Å². The topological polar surface area (TPSA) is 59.3 Å². The molecule has 3 rings (SSSR count). The summed E-state index contributed by atoms with van der Waals surface area (Å²) in [5, 5.41) is 3.12. The van der Waals surface area contributed by atoms with Crippen LogP contribution in [0.1, 0.15) is 22.8 Å². The Morgan fingerprint density at radius 2 is 1.82 bits per heavy atom. The minimum Gasteiger partial charge on any atom is -0.463 e. The molecule has 0 aliphatic carbocycles. The Morgan fingerprint density at radius 1 is 1.09 bits per heavy atom. The molecule has 4 heteroatoms. The van der Waals surface area contributed by atoms with Gasteiger partial charge in [0, 0.05) is 5.69 Å². The largest absolute Gasteiger partial charge is 0.463 e. The lowest BCUT2D eigenvalue weighted by Crippen LogP contribution is -2.21. The summed E-state index contributed by atoms with van der Waals surface area (Å²) < 4.78 is 5.36. The number of nitrogens with one attached hydrogen (secondary N) is 1. The Hall–Kier alpha value is -2.88. The number of amides is 1. The number of aryl methyl sites for hydroxylation is 1. The zero-order valence-corrected chi connectivity index (χ0v) is 12.1. The van der Waals surface area contributed by atoms with E-state index in [-0.39, 0.29) is 11.0 Å². The molecule has 1 amide bonds. The van der Waals surface area contributed by atoms with Gasteiger partial charge in [-0.3, -0.25) is 9.59 Å². The first-order chi connectivity index (χ1) is 10.7. The lowest BCUT2D eigenvalue weighted by atomic mass is 10.1. The highest BCUT2D eigenvalue weighted by atomic mass is 16.3. The SMILES string of the molecule is CCc1ccc(NC(=O)c2coc3ccccc3c2=O)cc1. The zero-order valence-electron chi connectivity index (χ0n) is 12.1. The summed E-state index contributed by atoms with van der Waals surface area (Å²) in [5.74, 6) is -0.469. The Labute approximate surface area is 127 Å². The molecule has 0 radical (unpaired) electrons. The van der Waals surface area contributed by atoms with E-state index < -0.39 is 5.91 Å². The molecule has 1 heterocycles. The van der Waals surface area contributed by atoms with Crippen LogP contribution in [0.25, 0.3) is 11.0 Å². The van der Waals surface area contributed by atoms with E-state index in [9.17, 15) is 9.59 Å². The third-order valence-corrected chi connectivity index (χ3v) is 3.54. The second-order valence-electron chi connectivity index (χ2n) is 4.98. The first-order valence-corrected chi connectivity index (χ1v) is 7.10. The van der Waals surface area contributed by atoms with Crippen LogP contribution in [-0.4, -0.2) is 5.91 Å². The van der Waals surface area contributed by atoms with Crippen LogP contribution in [0.2, 0.25) is 0 Å². The average molecular weight is 293 g/mol. The van der Waals surface area contributed by atoms with Crippen molar-refractivity contribution in [2.24, 2.45) is 0 Å². The second-order valence-corrected chi connectivity index (χ2v) is 4.98. The van der Waals surface area contributed by atoms with E-state index in [1.165, 1.54) is 11.8 Å². The van der Waals surface area contributed by atoms with E-state index in [4.69, 9.17) is 4.42 Å². The molecule has 4 nitrogen and oxygen atoms in total. The van der Waals surface area contributed by atoms with Gasteiger partial charge < -0.3 is 9.73 Å². The number of anilines is 1. The van der Waals surface area contributed by atoms with Crippen molar-refractivity contribution in [3.8, 4) is 0 Å². The molecule has 2 aromatic carbocycles. The molecule has 0 saturated heterocycles. The van der Waals surface area contributed by atoms with Crippen LogP contribution in [0.4, 0.5) is 5.69 Å². The highest BCUT2D eigenvalue weighted by molar-refractivity contribution is 6.05. The van der Waals surface area contributed by atoms with E-state index in [2.05, 4.69) is 12.2 Å². The number of hydrogen-bond acceptors (Lipinski definition) is 3. The molecule has 22 heavy (non-hydrogen) atoms. The molecule has 0 spiro atoms. The van der Waals surface area contributed by atoms with E-state index in [1.807, 2.05) is 24.3 Å². The molecule has 0 bridgehead atoms. The van der Waals surface area contributed by atoms with Gasteiger partial charge in [-0.1, -0.05) is 31.2 Å². The minimum absolute atomic E-state index is 0.00160. The Kier molecular flexibility index (Phi) is 3.74. The maximum atomic E-state index is 12.3. The van der Waals surface area contributed by atoms with E-state index in [1.54, 1.807) is 24.3 Å². The molecule has 1 N–H and O–H groups in total. The van der Waals surface area contributed by atoms with Gasteiger partial charge in [-0.05, 0) is 36.2 Å². The number of carbonyl (C=O) groups is 1. The standard InChI is InChI=1S/C18H15NO3/c1-2-12-7-9-13(10-8-12)19-18(21)15-11-22-16-6-4-3-5-14(16)17(15)20/h3-11H,2H2,1H3,(H,19,21). The minimum atomic E-state index is -0.469. The maximum Gasteiger partial charge on any atom is 0.262 e. The zero-order chi connectivity index (χ0) is 15.5. The lowest BCUT2D eigenvalue weighted by molar-refractivity contribution is 0.102. The van der Waals surface area contributed by atoms with Crippen molar-refractivity contribution in [1.29, 1.82) is 0 Å². The normalized spacial score (nSPS) is 10.6. The van der Waals surface area contributed by atoms with Crippen molar-refractivity contribution in [1.82, 2.24) is 0 Å². The van der Waals surface area contributed by atoms with E-state index in [0.29, 0.717) is 16.7 Å². The van der Waals surface area contributed by atoms with Crippen molar-refractivity contribution in [2.75, 3.05) is 5.32 Å². The molecule has 0 unspecified atom stereocenters. The van der Waals surface area contributed by atoms with Crippen LogP contribution in [-0.2, 0) is 6.42 Å². The van der Waals surface area contributed by atoms with E-state index in [0.717, 1.165) is 6.42 Å². The fourth-order valence-electron chi connectivity index (χ4n) is 2.26. The molecule has 1 aromatic heterocycles. The summed E-state index contributed by atoms with van der Waals surface area (Å²) in [6.45, 7) is 2.06. The number of carbonyl (C=O) groups excluding carboxylic acids is 1. The highest BCUT2D eigenvalue weighted by Gasteiger charge is 2.14. The fourth-order valence-corrected chi connectivity index (χ4v) is 2.26. The number of para-hydroxylation sites is 1. The Balaban J connectivity index is 1.91. The van der Waals surface area contributed by atoms with Crippen LogP contribution >= 0.6 is 0 Å². The second kappa shape index (κ2) is 5.85. The third kappa shape index (κ3) is 2.63. The van der Waals surface area contributed by atoms with Gasteiger partial charge in [0.05, 0.1) is 5.39 Å². The maximum absolute atomic E-state index is 12.3. The summed E-state index contributed by atoms with van der Waals surface area (Å²) >= 11 is 0. The summed E-state index contributed by atoms with van der Waals surface area (Å²) in [7, 11) is 0. The highest BCUT2D eigenvalue weighted by Crippen LogP contribution is 2.13. The van der Waals surface area contributed by atoms with E-state index >= 15 is 0 Å². The van der Waals surface area contributed by atoms with Crippen molar-refractivity contribution < 1.29 is 9.21 Å². The van der Waals surface area contributed by atoms with Crippen LogP contribution in [0.5, 0.6) is 0 Å². The predicted molar refractivity (Wildman–Crippen MR) is 86.3 cm³/mol. The summed E-state index contributed by atoms with van der Waals surface area (Å²) in [6, 6.07) is 14.4. The molecule has 0 aliphatic heterocycles. The number of fused-ring (bicyclic) bond motifs is 1. The smallest absolute Gasteiger partial charge is 0.262 e. The van der Waals surface area contributed by atoms with Gasteiger partial charge in [-0.25, -0.2) is 0 Å². The van der Waals surface area contributed by atoms with Crippen molar-refractivity contribution >= 4 is 22.6 Å². The molecule has 110 valence electrons. The predicted octanol–water partition coefficient (Wildman–Crippen LogP) is 3.61. The number of rotatable bonds is 3.